The van der Waals surface area contributed by atoms with Crippen LogP contribution >= 0.6 is 0 Å². The lowest BCUT2D eigenvalue weighted by atomic mass is 9.69. The molecule has 0 aromatic carbocycles. The minimum atomic E-state index is -4.69. The molecule has 0 radical (unpaired) electrons. The van der Waals surface area contributed by atoms with E-state index in [-0.39, 0.29) is 22.9 Å². The summed E-state index contributed by atoms with van der Waals surface area (Å²) in [5.74, 6) is -0.989. The van der Waals surface area contributed by atoms with Crippen molar-refractivity contribution < 1.29 is 27.4 Å². The Kier molecular flexibility index (Phi) is 5.61. The lowest BCUT2D eigenvalue weighted by Crippen LogP contribution is -2.34. The molecule has 1 N–H and O–H groups in total. The highest BCUT2D eigenvalue weighted by Crippen LogP contribution is 2.61. The van der Waals surface area contributed by atoms with Gasteiger partial charge in [0.05, 0.1) is 17.3 Å². The predicted octanol–water partition coefficient (Wildman–Crippen LogP) is 6.90. The summed E-state index contributed by atoms with van der Waals surface area (Å²) >= 11 is 0. The Labute approximate surface area is 203 Å². The Morgan fingerprint density at radius 1 is 1.20 bits per heavy atom. The number of aliphatic hydroxyl groups excluding tert-OH is 1. The summed E-state index contributed by atoms with van der Waals surface area (Å²) in [7, 11) is 0. The van der Waals surface area contributed by atoms with E-state index >= 15 is 4.39 Å². The molecule has 1 saturated carbocycles. The van der Waals surface area contributed by atoms with Crippen molar-refractivity contribution in [1.29, 1.82) is 0 Å². The van der Waals surface area contributed by atoms with Crippen molar-refractivity contribution in [2.24, 2.45) is 11.3 Å². The fourth-order valence-corrected chi connectivity index (χ4v) is 6.50. The van der Waals surface area contributed by atoms with Crippen LogP contribution in [-0.4, -0.2) is 15.1 Å². The van der Waals surface area contributed by atoms with Crippen LogP contribution in [0.15, 0.2) is 12.3 Å². The van der Waals surface area contributed by atoms with Crippen LogP contribution in [0.2, 0.25) is 0 Å². The van der Waals surface area contributed by atoms with Crippen LogP contribution in [0.3, 0.4) is 0 Å². The molecule has 8 heteroatoms. The molecule has 1 spiro atoms. The van der Waals surface area contributed by atoms with Gasteiger partial charge in [-0.25, -0.2) is 4.39 Å². The van der Waals surface area contributed by atoms with Crippen molar-refractivity contribution in [3.05, 3.63) is 57.4 Å². The van der Waals surface area contributed by atoms with Gasteiger partial charge in [0.2, 0.25) is 0 Å². The van der Waals surface area contributed by atoms with E-state index < -0.39 is 35.4 Å². The summed E-state index contributed by atoms with van der Waals surface area (Å²) in [6, 6.07) is 0.493. The van der Waals surface area contributed by atoms with Crippen LogP contribution in [0.1, 0.15) is 118 Å². The maximum Gasteiger partial charge on any atom is 0.417 e. The lowest BCUT2D eigenvalue weighted by Gasteiger charge is -2.39. The van der Waals surface area contributed by atoms with Gasteiger partial charge in [0.15, 0.2) is 0 Å². The summed E-state index contributed by atoms with van der Waals surface area (Å²) in [5, 5.41) is 11.3. The Hall–Kier alpha value is -2.06. The molecular formula is C27H32F4N2O2. The molecule has 2 aromatic heterocycles. The van der Waals surface area contributed by atoms with Crippen molar-refractivity contribution in [2.45, 2.75) is 96.6 Å². The minimum absolute atomic E-state index is 0.0355. The molecule has 190 valence electrons. The molecule has 5 rings (SSSR count). The molecule has 0 amide bonds. The van der Waals surface area contributed by atoms with Gasteiger partial charge in [-0.05, 0) is 61.0 Å². The maximum absolute atomic E-state index is 15.2. The third kappa shape index (κ3) is 3.79. The first-order valence-electron chi connectivity index (χ1n) is 12.4. The Balaban J connectivity index is 1.79. The molecule has 0 saturated heterocycles. The van der Waals surface area contributed by atoms with Crippen LogP contribution in [0, 0.1) is 17.2 Å². The largest absolute Gasteiger partial charge is 0.417 e. The molecule has 1 aliphatic heterocycles. The number of fused-ring (bicyclic) bond motifs is 4. The highest BCUT2D eigenvalue weighted by molar-refractivity contribution is 5.54. The van der Waals surface area contributed by atoms with Crippen molar-refractivity contribution >= 4 is 0 Å². The van der Waals surface area contributed by atoms with E-state index in [9.17, 15) is 18.3 Å². The summed E-state index contributed by atoms with van der Waals surface area (Å²) in [5.41, 5.74) is 1.74. The number of hydrogen-bond acceptors (Lipinski definition) is 4. The van der Waals surface area contributed by atoms with Gasteiger partial charge in [-0.3, -0.25) is 9.97 Å². The van der Waals surface area contributed by atoms with E-state index in [2.05, 4.69) is 25.8 Å². The average Bonchev–Trinajstić information content (AvgIpc) is 3.26. The van der Waals surface area contributed by atoms with Crippen molar-refractivity contribution in [1.82, 2.24) is 9.97 Å². The normalized spacial score (nSPS) is 29.6. The molecule has 3 aliphatic rings. The number of halogens is 4. The third-order valence-electron chi connectivity index (χ3n) is 8.09. The lowest BCUT2D eigenvalue weighted by molar-refractivity contribution is -0.138. The number of aromatic nitrogens is 2. The van der Waals surface area contributed by atoms with Crippen LogP contribution in [0.4, 0.5) is 17.6 Å². The van der Waals surface area contributed by atoms with Crippen LogP contribution in [0.5, 0.6) is 0 Å². The zero-order valence-electron chi connectivity index (χ0n) is 20.8. The van der Waals surface area contributed by atoms with Gasteiger partial charge >= 0.3 is 6.18 Å². The van der Waals surface area contributed by atoms with Gasteiger partial charge in [-0.2, -0.15) is 13.2 Å². The predicted molar refractivity (Wildman–Crippen MR) is 122 cm³/mol. The van der Waals surface area contributed by atoms with Crippen molar-refractivity contribution in [3.63, 3.8) is 0 Å². The molecule has 3 heterocycles. The summed E-state index contributed by atoms with van der Waals surface area (Å²) < 4.78 is 61.5. The zero-order chi connectivity index (χ0) is 25.5. The fourth-order valence-electron chi connectivity index (χ4n) is 6.50. The quantitative estimate of drug-likeness (QED) is 0.464. The first-order chi connectivity index (χ1) is 16.2. The number of ether oxygens (including phenoxy) is 1. The van der Waals surface area contributed by atoms with Crippen molar-refractivity contribution in [2.75, 3.05) is 0 Å². The third-order valence-corrected chi connectivity index (χ3v) is 8.09. The molecule has 4 nitrogen and oxygen atoms in total. The molecule has 2 aliphatic carbocycles. The fraction of sp³-hybridized carbons (Fsp3) is 0.630. The second kappa shape index (κ2) is 7.97. The van der Waals surface area contributed by atoms with Gasteiger partial charge in [0.1, 0.15) is 17.6 Å². The number of rotatable bonds is 2. The van der Waals surface area contributed by atoms with Crippen LogP contribution in [0.25, 0.3) is 0 Å². The van der Waals surface area contributed by atoms with Gasteiger partial charge in [0, 0.05) is 28.7 Å². The van der Waals surface area contributed by atoms with Gasteiger partial charge in [-0.1, -0.05) is 34.6 Å². The molecule has 1 fully saturated rings. The number of aliphatic hydroxyl groups is 1. The summed E-state index contributed by atoms with van der Waals surface area (Å²) in [6.07, 6.45) is -1.96. The molecule has 0 bridgehead atoms. The van der Waals surface area contributed by atoms with E-state index in [1.165, 1.54) is 0 Å². The second-order valence-electron chi connectivity index (χ2n) is 11.6. The number of nitrogens with zero attached hydrogens (tertiary/aromatic N) is 2. The Morgan fingerprint density at radius 3 is 2.49 bits per heavy atom. The topological polar surface area (TPSA) is 55.2 Å². The SMILES string of the molecule is CC(C)c1nc2c(c3c1C(c1ncc(C(F)(F)F)cc1F)OC31CCCC1C)C(O)CC(C)(C)C2. The highest BCUT2D eigenvalue weighted by Gasteiger charge is 2.56. The number of hydrogen-bond donors (Lipinski definition) is 1. The number of pyridine rings is 2. The molecule has 2 aromatic rings. The first-order valence-corrected chi connectivity index (χ1v) is 12.4. The summed E-state index contributed by atoms with van der Waals surface area (Å²) in [4.78, 5) is 8.95. The van der Waals surface area contributed by atoms with Gasteiger partial charge < -0.3 is 9.84 Å². The van der Waals surface area contributed by atoms with E-state index in [1.54, 1.807) is 0 Å². The standard InChI is InChI=1S/C27H32F4N2O2/c1-13(2)22-20-21(19-17(33-22)10-25(4,5)11-18(19)34)26(8-6-7-14(26)3)35-24(20)23-16(28)9-15(12-32-23)27(29,30)31/h9,12-14,18,24,34H,6-8,10-11H2,1-5H3. The second-order valence-corrected chi connectivity index (χ2v) is 11.6. The number of alkyl halides is 3. The zero-order valence-corrected chi connectivity index (χ0v) is 20.8. The smallest absolute Gasteiger partial charge is 0.388 e. The van der Waals surface area contributed by atoms with Gasteiger partial charge in [0.25, 0.3) is 0 Å². The molecular weight excluding hydrogens is 460 g/mol. The van der Waals surface area contributed by atoms with Crippen LogP contribution in [-0.2, 0) is 22.9 Å². The van der Waals surface area contributed by atoms with Crippen molar-refractivity contribution in [3.8, 4) is 0 Å². The van der Waals surface area contributed by atoms with E-state index in [0.29, 0.717) is 37.1 Å². The minimum Gasteiger partial charge on any atom is -0.388 e. The Bertz CT molecular complexity index is 1180. The molecule has 35 heavy (non-hydrogen) atoms. The average molecular weight is 493 g/mol. The van der Waals surface area contributed by atoms with E-state index in [1.807, 2.05) is 13.8 Å². The van der Waals surface area contributed by atoms with Crippen LogP contribution < -0.4 is 0 Å². The van der Waals surface area contributed by atoms with Gasteiger partial charge in [-0.15, -0.1) is 0 Å². The molecule has 4 unspecified atom stereocenters. The summed E-state index contributed by atoms with van der Waals surface area (Å²) in [6.45, 7) is 10.3. The Morgan fingerprint density at radius 2 is 1.91 bits per heavy atom. The first kappa shape index (κ1) is 24.6. The maximum atomic E-state index is 15.2. The van der Waals surface area contributed by atoms with E-state index in [0.717, 1.165) is 35.4 Å². The van der Waals surface area contributed by atoms with E-state index in [4.69, 9.17) is 9.72 Å². The highest BCUT2D eigenvalue weighted by atomic mass is 19.4. The monoisotopic (exact) mass is 492 g/mol. The molecule has 4 atom stereocenters.